The summed E-state index contributed by atoms with van der Waals surface area (Å²) in [5, 5.41) is 11.6. The lowest BCUT2D eigenvalue weighted by Gasteiger charge is -1.90. The van der Waals surface area contributed by atoms with Crippen LogP contribution >= 0.6 is 11.5 Å². The van der Waals surface area contributed by atoms with Gasteiger partial charge < -0.3 is 5.73 Å². The quantitative estimate of drug-likeness (QED) is 0.555. The first-order valence-electron chi connectivity index (χ1n) is 3.48. The third kappa shape index (κ3) is 1.20. The predicted molar refractivity (Wildman–Crippen MR) is 50.7 cm³/mol. The minimum atomic E-state index is -0.448. The average molecular weight is 195 g/mol. The van der Waals surface area contributed by atoms with Crippen molar-refractivity contribution in [3.05, 3.63) is 28.3 Å². The number of fused-ring (bicyclic) bond motifs is 1. The van der Waals surface area contributed by atoms with E-state index in [4.69, 9.17) is 5.73 Å². The molecule has 0 atom stereocenters. The number of nitrogens with two attached hydrogens (primary N) is 1. The van der Waals surface area contributed by atoms with Crippen molar-refractivity contribution in [2.75, 3.05) is 5.73 Å². The third-order valence-electron chi connectivity index (χ3n) is 1.70. The Balaban J connectivity index is 2.72. The van der Waals surface area contributed by atoms with Crippen LogP contribution in [0.3, 0.4) is 0 Å². The van der Waals surface area contributed by atoms with E-state index in [1.54, 1.807) is 6.07 Å². The maximum absolute atomic E-state index is 10.4. The fraction of sp³-hybridized carbons (Fsp3) is 0. The van der Waals surface area contributed by atoms with E-state index in [1.165, 1.54) is 12.1 Å². The summed E-state index contributed by atoms with van der Waals surface area (Å²) in [6.07, 6.45) is 0. The molecule has 0 aliphatic rings. The van der Waals surface area contributed by atoms with Crippen molar-refractivity contribution in [2.45, 2.75) is 0 Å². The van der Waals surface area contributed by atoms with Crippen LogP contribution in [-0.4, -0.2) is 9.30 Å². The molecule has 0 amide bonds. The van der Waals surface area contributed by atoms with Crippen LogP contribution in [0.4, 0.5) is 10.7 Å². The molecule has 0 bridgehead atoms. The Labute approximate surface area is 77.1 Å². The summed E-state index contributed by atoms with van der Waals surface area (Å²) < 4.78 is 4.01. The highest BCUT2D eigenvalue weighted by Crippen LogP contribution is 2.27. The molecule has 0 aliphatic heterocycles. The number of nitro benzene ring substituents is 1. The molecule has 1 heterocycles. The summed E-state index contributed by atoms with van der Waals surface area (Å²) in [5.41, 5.74) is 6.32. The van der Waals surface area contributed by atoms with Crippen LogP contribution in [0, 0.1) is 10.1 Å². The zero-order valence-corrected chi connectivity index (χ0v) is 7.25. The molecule has 2 rings (SSSR count). The predicted octanol–water partition coefficient (Wildman–Crippen LogP) is 1.79. The minimum absolute atomic E-state index is 0.0411. The van der Waals surface area contributed by atoms with E-state index in [2.05, 4.69) is 4.37 Å². The zero-order valence-electron chi connectivity index (χ0n) is 6.43. The molecular weight excluding hydrogens is 190 g/mol. The maximum atomic E-state index is 10.4. The molecule has 1 aromatic heterocycles. The second-order valence-corrected chi connectivity index (χ2v) is 3.31. The number of anilines is 1. The lowest BCUT2D eigenvalue weighted by atomic mass is 10.2. The maximum Gasteiger partial charge on any atom is 0.270 e. The SMILES string of the molecule is Nc1snc2ccc([N+](=O)[O-])cc12. The largest absolute Gasteiger partial charge is 0.389 e. The van der Waals surface area contributed by atoms with Crippen LogP contribution in [0.25, 0.3) is 10.9 Å². The fourth-order valence-electron chi connectivity index (χ4n) is 1.06. The van der Waals surface area contributed by atoms with Gasteiger partial charge in [-0.3, -0.25) is 10.1 Å². The van der Waals surface area contributed by atoms with E-state index >= 15 is 0 Å². The second kappa shape index (κ2) is 2.67. The number of benzene rings is 1. The van der Waals surface area contributed by atoms with Gasteiger partial charge in [0.15, 0.2) is 0 Å². The third-order valence-corrected chi connectivity index (χ3v) is 2.40. The molecule has 66 valence electrons. The molecule has 6 heteroatoms. The molecular formula is C7H5N3O2S. The molecule has 0 radical (unpaired) electrons. The Morgan fingerprint density at radius 2 is 2.31 bits per heavy atom. The minimum Gasteiger partial charge on any atom is -0.389 e. The standard InChI is InChI=1S/C7H5N3O2S/c8-7-5-3-4(10(11)12)1-2-6(5)9-13-7/h1-3H,8H2. The number of non-ortho nitro benzene ring substituents is 1. The summed E-state index contributed by atoms with van der Waals surface area (Å²) in [6, 6.07) is 4.45. The summed E-state index contributed by atoms with van der Waals surface area (Å²) in [6.45, 7) is 0. The summed E-state index contributed by atoms with van der Waals surface area (Å²) >= 11 is 1.14. The number of rotatable bonds is 1. The molecule has 0 saturated carbocycles. The van der Waals surface area contributed by atoms with Gasteiger partial charge in [-0.05, 0) is 17.6 Å². The van der Waals surface area contributed by atoms with Crippen molar-refractivity contribution in [1.82, 2.24) is 4.37 Å². The van der Waals surface area contributed by atoms with Crippen molar-refractivity contribution < 1.29 is 4.92 Å². The summed E-state index contributed by atoms with van der Waals surface area (Å²) in [7, 11) is 0. The van der Waals surface area contributed by atoms with Crippen LogP contribution in [0.1, 0.15) is 0 Å². The first kappa shape index (κ1) is 7.93. The molecule has 0 saturated heterocycles. The Morgan fingerprint density at radius 3 is 3.00 bits per heavy atom. The first-order valence-corrected chi connectivity index (χ1v) is 4.25. The van der Waals surface area contributed by atoms with Crippen molar-refractivity contribution in [1.29, 1.82) is 0 Å². The van der Waals surface area contributed by atoms with Gasteiger partial charge in [0.1, 0.15) is 5.00 Å². The van der Waals surface area contributed by atoms with Gasteiger partial charge in [-0.25, -0.2) is 0 Å². The number of hydrogen-bond acceptors (Lipinski definition) is 5. The molecule has 13 heavy (non-hydrogen) atoms. The highest BCUT2D eigenvalue weighted by molar-refractivity contribution is 7.11. The number of hydrogen-bond donors (Lipinski definition) is 1. The molecule has 0 spiro atoms. The Bertz CT molecular complexity index is 480. The van der Waals surface area contributed by atoms with Crippen molar-refractivity contribution >= 4 is 33.1 Å². The number of nitrogens with zero attached hydrogens (tertiary/aromatic N) is 2. The Kier molecular flexibility index (Phi) is 1.63. The van der Waals surface area contributed by atoms with Crippen molar-refractivity contribution in [2.24, 2.45) is 0 Å². The Morgan fingerprint density at radius 1 is 1.54 bits per heavy atom. The number of nitro groups is 1. The topological polar surface area (TPSA) is 82.0 Å². The smallest absolute Gasteiger partial charge is 0.270 e. The van der Waals surface area contributed by atoms with Crippen molar-refractivity contribution in [3.8, 4) is 0 Å². The highest BCUT2D eigenvalue weighted by atomic mass is 32.1. The second-order valence-electron chi connectivity index (χ2n) is 2.51. The van der Waals surface area contributed by atoms with E-state index in [0.29, 0.717) is 15.9 Å². The van der Waals surface area contributed by atoms with Gasteiger partial charge in [-0.15, -0.1) is 0 Å². The normalized spacial score (nSPS) is 10.5. The first-order chi connectivity index (χ1) is 6.18. The number of nitrogen functional groups attached to an aromatic ring is 1. The van der Waals surface area contributed by atoms with Crippen molar-refractivity contribution in [3.63, 3.8) is 0 Å². The van der Waals surface area contributed by atoms with Gasteiger partial charge in [0.2, 0.25) is 0 Å². The monoisotopic (exact) mass is 195 g/mol. The molecule has 0 aliphatic carbocycles. The van der Waals surface area contributed by atoms with Gasteiger partial charge >= 0.3 is 0 Å². The van der Waals surface area contributed by atoms with E-state index in [9.17, 15) is 10.1 Å². The van der Waals surface area contributed by atoms with Gasteiger partial charge in [0.25, 0.3) is 5.69 Å². The number of aromatic nitrogens is 1. The van der Waals surface area contributed by atoms with Crippen LogP contribution in [0.2, 0.25) is 0 Å². The van der Waals surface area contributed by atoms with E-state index in [1.807, 2.05) is 0 Å². The zero-order chi connectivity index (χ0) is 9.42. The summed E-state index contributed by atoms with van der Waals surface area (Å²) in [5.74, 6) is 0. The van der Waals surface area contributed by atoms with Crippen LogP contribution < -0.4 is 5.73 Å². The van der Waals surface area contributed by atoms with Gasteiger partial charge in [0.05, 0.1) is 10.4 Å². The molecule has 5 nitrogen and oxygen atoms in total. The van der Waals surface area contributed by atoms with E-state index in [-0.39, 0.29) is 5.69 Å². The summed E-state index contributed by atoms with van der Waals surface area (Å²) in [4.78, 5) is 9.98. The van der Waals surface area contributed by atoms with Crippen LogP contribution in [0.5, 0.6) is 0 Å². The van der Waals surface area contributed by atoms with Gasteiger partial charge in [0, 0.05) is 17.5 Å². The lowest BCUT2D eigenvalue weighted by Crippen LogP contribution is -1.87. The van der Waals surface area contributed by atoms with E-state index in [0.717, 1.165) is 11.5 Å². The van der Waals surface area contributed by atoms with Crippen LogP contribution in [0.15, 0.2) is 18.2 Å². The van der Waals surface area contributed by atoms with Gasteiger partial charge in [-0.1, -0.05) is 0 Å². The average Bonchev–Trinajstić information content (AvgIpc) is 2.47. The fourth-order valence-corrected chi connectivity index (χ4v) is 1.68. The molecule has 2 N–H and O–H groups in total. The lowest BCUT2D eigenvalue weighted by molar-refractivity contribution is -0.384. The molecule has 0 unspecified atom stereocenters. The highest BCUT2D eigenvalue weighted by Gasteiger charge is 2.09. The molecule has 1 aromatic carbocycles. The Hall–Kier alpha value is -1.69. The van der Waals surface area contributed by atoms with Crippen LogP contribution in [-0.2, 0) is 0 Å². The molecule has 0 fully saturated rings. The van der Waals surface area contributed by atoms with Gasteiger partial charge in [-0.2, -0.15) is 4.37 Å². The molecule has 2 aromatic rings. The van der Waals surface area contributed by atoms with E-state index < -0.39 is 4.92 Å².